The Kier molecular flexibility index (Phi) is 1.83. The van der Waals surface area contributed by atoms with E-state index in [9.17, 15) is 0 Å². The SMILES string of the molecule is N#Cc1cnc(C2CCCC2)[nH]1. The van der Waals surface area contributed by atoms with Crippen LogP contribution in [0.4, 0.5) is 0 Å². The Morgan fingerprint density at radius 2 is 2.25 bits per heavy atom. The second-order valence-corrected chi connectivity index (χ2v) is 3.28. The van der Waals surface area contributed by atoms with Crippen LogP contribution in [0.25, 0.3) is 0 Å². The molecule has 0 bridgehead atoms. The zero-order chi connectivity index (χ0) is 8.39. The number of aromatic amines is 1. The van der Waals surface area contributed by atoms with Gasteiger partial charge in [-0.3, -0.25) is 0 Å². The number of nitrogens with one attached hydrogen (secondary N) is 1. The van der Waals surface area contributed by atoms with E-state index in [0.717, 1.165) is 5.82 Å². The molecule has 1 N–H and O–H groups in total. The second-order valence-electron chi connectivity index (χ2n) is 3.28. The largest absolute Gasteiger partial charge is 0.334 e. The number of hydrogen-bond donors (Lipinski definition) is 1. The average molecular weight is 161 g/mol. The Morgan fingerprint density at radius 3 is 2.83 bits per heavy atom. The van der Waals surface area contributed by atoms with Gasteiger partial charge in [0, 0.05) is 5.92 Å². The summed E-state index contributed by atoms with van der Waals surface area (Å²) < 4.78 is 0. The molecule has 0 spiro atoms. The van der Waals surface area contributed by atoms with Crippen LogP contribution in [0.15, 0.2) is 6.20 Å². The molecular weight excluding hydrogens is 150 g/mol. The minimum absolute atomic E-state index is 0.576. The third-order valence-electron chi connectivity index (χ3n) is 2.46. The van der Waals surface area contributed by atoms with Crippen molar-refractivity contribution in [2.45, 2.75) is 31.6 Å². The highest BCUT2D eigenvalue weighted by molar-refractivity contribution is 5.19. The van der Waals surface area contributed by atoms with Crippen LogP contribution >= 0.6 is 0 Å². The van der Waals surface area contributed by atoms with Crippen molar-refractivity contribution < 1.29 is 0 Å². The summed E-state index contributed by atoms with van der Waals surface area (Å²) in [6, 6.07) is 2.05. The first-order chi connectivity index (χ1) is 5.90. The number of hydrogen-bond acceptors (Lipinski definition) is 2. The maximum Gasteiger partial charge on any atom is 0.137 e. The van der Waals surface area contributed by atoms with Gasteiger partial charge in [0.1, 0.15) is 17.6 Å². The van der Waals surface area contributed by atoms with Gasteiger partial charge in [0.15, 0.2) is 0 Å². The molecule has 0 saturated heterocycles. The van der Waals surface area contributed by atoms with Gasteiger partial charge in [-0.15, -0.1) is 0 Å². The fourth-order valence-electron chi connectivity index (χ4n) is 1.80. The summed E-state index contributed by atoms with van der Waals surface area (Å²) in [5.41, 5.74) is 0.580. The van der Waals surface area contributed by atoms with E-state index in [-0.39, 0.29) is 0 Å². The number of nitrogens with zero attached hydrogens (tertiary/aromatic N) is 2. The Labute approximate surface area is 71.4 Å². The lowest BCUT2D eigenvalue weighted by Crippen LogP contribution is -1.94. The standard InChI is InChI=1S/C9H11N3/c10-5-8-6-11-9(12-8)7-3-1-2-4-7/h6-7H,1-4H2,(H,11,12). The van der Waals surface area contributed by atoms with Crippen molar-refractivity contribution in [2.24, 2.45) is 0 Å². The first kappa shape index (κ1) is 7.35. The normalized spacial score (nSPS) is 17.9. The van der Waals surface area contributed by atoms with Crippen molar-refractivity contribution >= 4 is 0 Å². The van der Waals surface area contributed by atoms with Crippen molar-refractivity contribution in [2.75, 3.05) is 0 Å². The van der Waals surface area contributed by atoms with E-state index < -0.39 is 0 Å². The molecule has 2 rings (SSSR count). The summed E-state index contributed by atoms with van der Waals surface area (Å²) in [6.45, 7) is 0. The Balaban J connectivity index is 2.17. The smallest absolute Gasteiger partial charge is 0.137 e. The molecule has 0 aromatic carbocycles. The maximum atomic E-state index is 8.57. The molecule has 1 aliphatic carbocycles. The summed E-state index contributed by atoms with van der Waals surface area (Å²) in [6.07, 6.45) is 6.66. The van der Waals surface area contributed by atoms with Crippen molar-refractivity contribution in [1.29, 1.82) is 5.26 Å². The van der Waals surface area contributed by atoms with Crippen LogP contribution in [0.5, 0.6) is 0 Å². The van der Waals surface area contributed by atoms with Gasteiger partial charge in [-0.25, -0.2) is 4.98 Å². The first-order valence-electron chi connectivity index (χ1n) is 4.35. The molecule has 0 aliphatic heterocycles. The summed E-state index contributed by atoms with van der Waals surface area (Å²) in [4.78, 5) is 7.22. The lowest BCUT2D eigenvalue weighted by molar-refractivity contribution is 0.678. The summed E-state index contributed by atoms with van der Waals surface area (Å²) >= 11 is 0. The van der Waals surface area contributed by atoms with Gasteiger partial charge in [0.05, 0.1) is 6.20 Å². The number of H-pyrrole nitrogens is 1. The van der Waals surface area contributed by atoms with Crippen LogP contribution in [0.3, 0.4) is 0 Å². The quantitative estimate of drug-likeness (QED) is 0.684. The molecule has 1 aliphatic rings. The molecule has 3 heteroatoms. The predicted molar refractivity (Wildman–Crippen MR) is 44.5 cm³/mol. The number of imidazole rings is 1. The molecule has 3 nitrogen and oxygen atoms in total. The molecule has 12 heavy (non-hydrogen) atoms. The highest BCUT2D eigenvalue weighted by atomic mass is 14.9. The van der Waals surface area contributed by atoms with Crippen LogP contribution in [-0.2, 0) is 0 Å². The minimum Gasteiger partial charge on any atom is -0.334 e. The lowest BCUT2D eigenvalue weighted by atomic mass is 10.1. The monoisotopic (exact) mass is 161 g/mol. The van der Waals surface area contributed by atoms with E-state index in [1.165, 1.54) is 25.7 Å². The van der Waals surface area contributed by atoms with Crippen LogP contribution < -0.4 is 0 Å². The Hall–Kier alpha value is -1.30. The number of rotatable bonds is 1. The zero-order valence-corrected chi connectivity index (χ0v) is 6.88. The van der Waals surface area contributed by atoms with E-state index in [4.69, 9.17) is 5.26 Å². The van der Waals surface area contributed by atoms with E-state index in [1.807, 2.05) is 0 Å². The van der Waals surface area contributed by atoms with Gasteiger partial charge in [0.25, 0.3) is 0 Å². The summed E-state index contributed by atoms with van der Waals surface area (Å²) in [5, 5.41) is 8.57. The van der Waals surface area contributed by atoms with Crippen molar-refractivity contribution in [3.05, 3.63) is 17.7 Å². The highest BCUT2D eigenvalue weighted by Crippen LogP contribution is 2.31. The highest BCUT2D eigenvalue weighted by Gasteiger charge is 2.19. The molecule has 0 amide bonds. The molecule has 1 aromatic rings. The maximum absolute atomic E-state index is 8.57. The lowest BCUT2D eigenvalue weighted by Gasteiger charge is -2.02. The molecular formula is C9H11N3. The average Bonchev–Trinajstić information content (AvgIpc) is 2.75. The molecule has 1 saturated carbocycles. The zero-order valence-electron chi connectivity index (χ0n) is 6.88. The molecule has 1 aromatic heterocycles. The van der Waals surface area contributed by atoms with Gasteiger partial charge in [-0.1, -0.05) is 12.8 Å². The van der Waals surface area contributed by atoms with E-state index in [0.29, 0.717) is 11.6 Å². The third-order valence-corrected chi connectivity index (χ3v) is 2.46. The molecule has 1 heterocycles. The Bertz CT molecular complexity index is 302. The van der Waals surface area contributed by atoms with Gasteiger partial charge < -0.3 is 4.98 Å². The van der Waals surface area contributed by atoms with Crippen LogP contribution in [-0.4, -0.2) is 9.97 Å². The molecule has 0 radical (unpaired) electrons. The van der Waals surface area contributed by atoms with E-state index in [1.54, 1.807) is 6.20 Å². The first-order valence-corrected chi connectivity index (χ1v) is 4.35. The van der Waals surface area contributed by atoms with Crippen LogP contribution in [0.1, 0.15) is 43.1 Å². The predicted octanol–water partition coefficient (Wildman–Crippen LogP) is 1.94. The minimum atomic E-state index is 0.576. The molecule has 1 fully saturated rings. The van der Waals surface area contributed by atoms with Crippen molar-refractivity contribution in [3.63, 3.8) is 0 Å². The second kappa shape index (κ2) is 2.98. The molecule has 0 atom stereocenters. The van der Waals surface area contributed by atoms with Crippen molar-refractivity contribution in [1.82, 2.24) is 9.97 Å². The van der Waals surface area contributed by atoms with Crippen LogP contribution in [0.2, 0.25) is 0 Å². The summed E-state index contributed by atoms with van der Waals surface area (Å²) in [7, 11) is 0. The van der Waals surface area contributed by atoms with E-state index in [2.05, 4.69) is 16.0 Å². The van der Waals surface area contributed by atoms with Gasteiger partial charge >= 0.3 is 0 Å². The van der Waals surface area contributed by atoms with Crippen molar-refractivity contribution in [3.8, 4) is 6.07 Å². The fourth-order valence-corrected chi connectivity index (χ4v) is 1.80. The van der Waals surface area contributed by atoms with E-state index >= 15 is 0 Å². The molecule has 62 valence electrons. The van der Waals surface area contributed by atoms with Gasteiger partial charge in [-0.2, -0.15) is 5.26 Å². The number of aromatic nitrogens is 2. The van der Waals surface area contributed by atoms with Crippen LogP contribution in [0, 0.1) is 11.3 Å². The number of nitriles is 1. The summed E-state index contributed by atoms with van der Waals surface area (Å²) in [5.74, 6) is 1.58. The topological polar surface area (TPSA) is 52.5 Å². The Morgan fingerprint density at radius 1 is 1.50 bits per heavy atom. The molecule has 0 unspecified atom stereocenters. The third kappa shape index (κ3) is 1.20. The fraction of sp³-hybridized carbons (Fsp3) is 0.556. The van der Waals surface area contributed by atoms with Gasteiger partial charge in [-0.05, 0) is 12.8 Å². The van der Waals surface area contributed by atoms with Gasteiger partial charge in [0.2, 0.25) is 0 Å².